The van der Waals surface area contributed by atoms with Gasteiger partial charge in [0.05, 0.1) is 5.75 Å². The molecule has 0 aliphatic heterocycles. The van der Waals surface area contributed by atoms with Gasteiger partial charge in [0.2, 0.25) is 15.9 Å². The largest absolute Gasteiger partial charge is 0.326 e. The van der Waals surface area contributed by atoms with Crippen LogP contribution in [-0.4, -0.2) is 14.3 Å². The van der Waals surface area contributed by atoms with Gasteiger partial charge in [-0.3, -0.25) is 4.79 Å². The van der Waals surface area contributed by atoms with Crippen molar-refractivity contribution in [2.45, 2.75) is 31.9 Å². The molecule has 3 N–H and O–H groups in total. The molecule has 0 atom stereocenters. The Labute approximate surface area is 107 Å². The molecule has 5 nitrogen and oxygen atoms in total. The molecule has 0 fully saturated rings. The van der Waals surface area contributed by atoms with Crippen LogP contribution in [0, 0.1) is 0 Å². The van der Waals surface area contributed by atoms with Crippen LogP contribution in [0.5, 0.6) is 0 Å². The van der Waals surface area contributed by atoms with Crippen molar-refractivity contribution in [3.63, 3.8) is 0 Å². The predicted molar refractivity (Wildman–Crippen MR) is 71.4 cm³/mol. The first-order valence-electron chi connectivity index (χ1n) is 5.80. The Balaban J connectivity index is 2.58. The van der Waals surface area contributed by atoms with E-state index in [1.54, 1.807) is 24.3 Å². The number of carbonyl (C=O) groups excluding carboxylic acids is 1. The minimum atomic E-state index is -3.51. The summed E-state index contributed by atoms with van der Waals surface area (Å²) in [5, 5.41) is 7.69. The van der Waals surface area contributed by atoms with E-state index in [-0.39, 0.29) is 11.7 Å². The first-order valence-corrected chi connectivity index (χ1v) is 7.51. The zero-order chi connectivity index (χ0) is 13.6. The third-order valence-corrected chi connectivity index (χ3v) is 3.10. The summed E-state index contributed by atoms with van der Waals surface area (Å²) >= 11 is 0. The van der Waals surface area contributed by atoms with Gasteiger partial charge < -0.3 is 5.32 Å². The van der Waals surface area contributed by atoms with Gasteiger partial charge in [-0.05, 0) is 24.1 Å². The Bertz CT molecular complexity index is 495. The smallest absolute Gasteiger partial charge is 0.224 e. The second kappa shape index (κ2) is 6.51. The van der Waals surface area contributed by atoms with Crippen LogP contribution in [0.15, 0.2) is 24.3 Å². The second-order valence-corrected chi connectivity index (χ2v) is 5.77. The van der Waals surface area contributed by atoms with Gasteiger partial charge in [0, 0.05) is 12.1 Å². The Morgan fingerprint density at radius 2 is 1.89 bits per heavy atom. The molecular formula is C12H18N2O3S. The highest BCUT2D eigenvalue weighted by atomic mass is 32.2. The maximum atomic E-state index is 11.5. The van der Waals surface area contributed by atoms with Crippen molar-refractivity contribution in [1.82, 2.24) is 0 Å². The lowest BCUT2D eigenvalue weighted by molar-refractivity contribution is -0.116. The van der Waals surface area contributed by atoms with Crippen LogP contribution in [0.25, 0.3) is 0 Å². The highest BCUT2D eigenvalue weighted by molar-refractivity contribution is 7.88. The molecule has 0 heterocycles. The fourth-order valence-corrected chi connectivity index (χ4v) is 2.13. The molecule has 0 aliphatic carbocycles. The van der Waals surface area contributed by atoms with Crippen LogP contribution >= 0.6 is 0 Å². The fourth-order valence-electron chi connectivity index (χ4n) is 1.48. The lowest BCUT2D eigenvalue weighted by Crippen LogP contribution is -2.14. The van der Waals surface area contributed by atoms with E-state index in [0.717, 1.165) is 12.8 Å². The number of hydrogen-bond donors (Lipinski definition) is 2. The van der Waals surface area contributed by atoms with Gasteiger partial charge in [-0.2, -0.15) is 0 Å². The molecule has 100 valence electrons. The van der Waals surface area contributed by atoms with Gasteiger partial charge in [-0.1, -0.05) is 25.5 Å². The number of unbranched alkanes of at least 4 members (excludes halogenated alkanes) is 1. The number of nitrogens with one attached hydrogen (secondary N) is 1. The van der Waals surface area contributed by atoms with Crippen molar-refractivity contribution < 1.29 is 13.2 Å². The summed E-state index contributed by atoms with van der Waals surface area (Å²) in [6.45, 7) is 2.02. The molecule has 6 heteroatoms. The molecule has 0 bridgehead atoms. The summed E-state index contributed by atoms with van der Waals surface area (Å²) in [5.41, 5.74) is 1.26. The van der Waals surface area contributed by atoms with E-state index in [1.807, 2.05) is 6.92 Å². The molecule has 18 heavy (non-hydrogen) atoms. The van der Waals surface area contributed by atoms with Crippen LogP contribution < -0.4 is 10.5 Å². The predicted octanol–water partition coefficient (Wildman–Crippen LogP) is 1.60. The molecule has 1 rings (SSSR count). The molecule has 0 aliphatic rings. The molecule has 0 spiro atoms. The lowest BCUT2D eigenvalue weighted by atomic mass is 10.2. The van der Waals surface area contributed by atoms with E-state index in [0.29, 0.717) is 17.7 Å². The number of amides is 1. The molecule has 1 amide bonds. The summed E-state index contributed by atoms with van der Waals surface area (Å²) in [4.78, 5) is 11.5. The molecule has 1 aromatic carbocycles. The van der Waals surface area contributed by atoms with E-state index in [1.165, 1.54) is 0 Å². The van der Waals surface area contributed by atoms with Crippen LogP contribution in [0.4, 0.5) is 5.69 Å². The standard InChI is InChI=1S/C12H18N2O3S/c1-2-3-4-12(15)14-11-7-5-10(6-8-11)9-18(13,16)17/h5-8H,2-4,9H2,1H3,(H,14,15)(H2,13,16,17). The van der Waals surface area contributed by atoms with Crippen LogP contribution in [0.3, 0.4) is 0 Å². The maximum Gasteiger partial charge on any atom is 0.224 e. The topological polar surface area (TPSA) is 89.3 Å². The summed E-state index contributed by atoms with van der Waals surface area (Å²) in [6, 6.07) is 6.62. The van der Waals surface area contributed by atoms with Crippen molar-refractivity contribution in [2.24, 2.45) is 5.14 Å². The highest BCUT2D eigenvalue weighted by Crippen LogP contribution is 2.12. The van der Waals surface area contributed by atoms with Crippen molar-refractivity contribution in [2.75, 3.05) is 5.32 Å². The van der Waals surface area contributed by atoms with Gasteiger partial charge in [-0.15, -0.1) is 0 Å². The van der Waals surface area contributed by atoms with Crippen molar-refractivity contribution in [1.29, 1.82) is 0 Å². The zero-order valence-electron chi connectivity index (χ0n) is 10.3. The van der Waals surface area contributed by atoms with Crippen LogP contribution in [-0.2, 0) is 20.6 Å². The van der Waals surface area contributed by atoms with Crippen LogP contribution in [0.1, 0.15) is 31.7 Å². The minimum Gasteiger partial charge on any atom is -0.326 e. The zero-order valence-corrected chi connectivity index (χ0v) is 11.2. The molecule has 0 unspecified atom stereocenters. The molecule has 0 saturated carbocycles. The first-order chi connectivity index (χ1) is 8.40. The average molecular weight is 270 g/mol. The maximum absolute atomic E-state index is 11.5. The number of carbonyl (C=O) groups is 1. The van der Waals surface area contributed by atoms with Gasteiger partial charge in [0.25, 0.3) is 0 Å². The van der Waals surface area contributed by atoms with Crippen LogP contribution in [0.2, 0.25) is 0 Å². The summed E-state index contributed by atoms with van der Waals surface area (Å²) in [6.07, 6.45) is 2.32. The molecular weight excluding hydrogens is 252 g/mol. The van der Waals surface area contributed by atoms with E-state index in [2.05, 4.69) is 5.32 Å². The summed E-state index contributed by atoms with van der Waals surface area (Å²) in [7, 11) is -3.51. The Morgan fingerprint density at radius 1 is 1.28 bits per heavy atom. The van der Waals surface area contributed by atoms with Gasteiger partial charge in [0.1, 0.15) is 0 Å². The number of sulfonamides is 1. The van der Waals surface area contributed by atoms with Gasteiger partial charge >= 0.3 is 0 Å². The van der Waals surface area contributed by atoms with Gasteiger partial charge in [-0.25, -0.2) is 13.6 Å². The van der Waals surface area contributed by atoms with E-state index < -0.39 is 10.0 Å². The van der Waals surface area contributed by atoms with Crippen molar-refractivity contribution in [3.8, 4) is 0 Å². The molecule has 0 aromatic heterocycles. The minimum absolute atomic E-state index is 0.0314. The fraction of sp³-hybridized carbons (Fsp3) is 0.417. The number of anilines is 1. The van der Waals surface area contributed by atoms with Gasteiger partial charge in [0.15, 0.2) is 0 Å². The number of benzene rings is 1. The Morgan fingerprint density at radius 3 is 2.39 bits per heavy atom. The first kappa shape index (κ1) is 14.7. The number of rotatable bonds is 6. The van der Waals surface area contributed by atoms with Crippen molar-refractivity contribution >= 4 is 21.6 Å². The molecule has 1 aromatic rings. The highest BCUT2D eigenvalue weighted by Gasteiger charge is 2.05. The normalized spacial score (nSPS) is 11.2. The van der Waals surface area contributed by atoms with Crippen molar-refractivity contribution in [3.05, 3.63) is 29.8 Å². The summed E-state index contributed by atoms with van der Waals surface area (Å²) < 4.78 is 21.8. The lowest BCUT2D eigenvalue weighted by Gasteiger charge is -2.05. The summed E-state index contributed by atoms with van der Waals surface area (Å²) in [5.74, 6) is -0.229. The van der Waals surface area contributed by atoms with E-state index >= 15 is 0 Å². The molecule has 0 saturated heterocycles. The number of nitrogens with two attached hydrogens (primary N) is 1. The number of primary sulfonamides is 1. The SMILES string of the molecule is CCCCC(=O)Nc1ccc(CS(N)(=O)=O)cc1. The second-order valence-electron chi connectivity index (χ2n) is 4.16. The molecule has 0 radical (unpaired) electrons. The van der Waals surface area contributed by atoms with E-state index in [9.17, 15) is 13.2 Å². The third kappa shape index (κ3) is 5.79. The van der Waals surface area contributed by atoms with E-state index in [4.69, 9.17) is 5.14 Å². The quantitative estimate of drug-likeness (QED) is 0.822. The third-order valence-electron chi connectivity index (χ3n) is 2.36. The average Bonchev–Trinajstić information content (AvgIpc) is 2.27. The number of hydrogen-bond acceptors (Lipinski definition) is 3. The monoisotopic (exact) mass is 270 g/mol. The Hall–Kier alpha value is -1.40. The Kier molecular flexibility index (Phi) is 5.30.